The third-order valence-electron chi connectivity index (χ3n) is 3.73. The zero-order valence-electron chi connectivity index (χ0n) is 10.6. The van der Waals surface area contributed by atoms with Crippen molar-refractivity contribution >= 4 is 35.0 Å². The lowest BCUT2D eigenvalue weighted by atomic mass is 10.1. The number of carbonyl (C=O) groups excluding carboxylic acids is 2. The molecule has 20 heavy (non-hydrogen) atoms. The molecule has 0 bridgehead atoms. The predicted octanol–water partition coefficient (Wildman–Crippen LogP) is 1.23. The minimum atomic E-state index is -0.217. The van der Waals surface area contributed by atoms with Crippen molar-refractivity contribution in [2.24, 2.45) is 0 Å². The zero-order chi connectivity index (χ0) is 14.3. The van der Waals surface area contributed by atoms with Crippen molar-refractivity contribution in [3.05, 3.63) is 21.9 Å². The Labute approximate surface area is 125 Å². The van der Waals surface area contributed by atoms with Gasteiger partial charge in [0.1, 0.15) is 0 Å². The number of halogens is 2. The van der Waals surface area contributed by atoms with Crippen molar-refractivity contribution in [3.8, 4) is 0 Å². The van der Waals surface area contributed by atoms with Gasteiger partial charge in [-0.15, -0.1) is 10.2 Å². The molecule has 0 aromatic carbocycles. The Morgan fingerprint density at radius 1 is 1.30 bits per heavy atom. The Kier molecular flexibility index (Phi) is 3.52. The molecule has 0 spiro atoms. The van der Waals surface area contributed by atoms with Crippen LogP contribution in [0.4, 0.5) is 0 Å². The maximum absolute atomic E-state index is 12.5. The summed E-state index contributed by atoms with van der Waals surface area (Å²) in [7, 11) is 0. The fraction of sp³-hybridized carbons (Fsp3) is 0.500. The predicted molar refractivity (Wildman–Crippen MR) is 72.7 cm³/mol. The summed E-state index contributed by atoms with van der Waals surface area (Å²) in [6, 6.07) is 1.54. The first kappa shape index (κ1) is 13.6. The fourth-order valence-electron chi connectivity index (χ4n) is 2.72. The molecular formula is C12H12Cl2N4O2. The number of rotatable bonds is 1. The van der Waals surface area contributed by atoms with Crippen LogP contribution in [-0.2, 0) is 4.79 Å². The molecule has 6 nitrogen and oxygen atoms in total. The smallest absolute Gasteiger partial charge is 0.257 e. The van der Waals surface area contributed by atoms with E-state index in [1.54, 1.807) is 4.90 Å². The summed E-state index contributed by atoms with van der Waals surface area (Å²) in [5.74, 6) is -0.0421. The Morgan fingerprint density at radius 2 is 2.10 bits per heavy atom. The monoisotopic (exact) mass is 314 g/mol. The summed E-state index contributed by atoms with van der Waals surface area (Å²) in [4.78, 5) is 27.6. The third kappa shape index (κ3) is 2.33. The molecule has 0 aliphatic carbocycles. The summed E-state index contributed by atoms with van der Waals surface area (Å²) in [6.45, 7) is 1.59. The van der Waals surface area contributed by atoms with Gasteiger partial charge in [-0.05, 0) is 12.5 Å². The van der Waals surface area contributed by atoms with Gasteiger partial charge in [0.2, 0.25) is 5.91 Å². The van der Waals surface area contributed by atoms with Crippen molar-refractivity contribution < 1.29 is 9.59 Å². The molecule has 2 amide bonds. The van der Waals surface area contributed by atoms with Gasteiger partial charge >= 0.3 is 0 Å². The highest BCUT2D eigenvalue weighted by Gasteiger charge is 2.37. The third-order valence-corrected chi connectivity index (χ3v) is 4.20. The highest BCUT2D eigenvalue weighted by atomic mass is 35.5. The highest BCUT2D eigenvalue weighted by molar-refractivity contribution is 6.34. The van der Waals surface area contributed by atoms with E-state index in [1.165, 1.54) is 6.07 Å². The molecule has 106 valence electrons. The summed E-state index contributed by atoms with van der Waals surface area (Å²) in [5, 5.41) is 7.41. The van der Waals surface area contributed by atoms with Crippen LogP contribution in [0.3, 0.4) is 0 Å². The number of carbonyl (C=O) groups is 2. The van der Waals surface area contributed by atoms with Crippen molar-refractivity contribution in [2.75, 3.05) is 19.6 Å². The topological polar surface area (TPSA) is 66.4 Å². The molecular weight excluding hydrogens is 303 g/mol. The SMILES string of the molecule is O=C(c1cc(Cl)nnc1Cl)N1CCN2C(=O)CCC2C1. The van der Waals surface area contributed by atoms with E-state index in [-0.39, 0.29) is 33.7 Å². The number of amides is 2. The van der Waals surface area contributed by atoms with Crippen molar-refractivity contribution in [1.29, 1.82) is 0 Å². The minimum absolute atomic E-state index is 0.0457. The van der Waals surface area contributed by atoms with Gasteiger partial charge in [0.15, 0.2) is 10.3 Å². The summed E-state index contributed by atoms with van der Waals surface area (Å²) in [6.07, 6.45) is 1.36. The maximum Gasteiger partial charge on any atom is 0.257 e. The minimum Gasteiger partial charge on any atom is -0.336 e. The molecule has 2 aliphatic rings. The molecule has 3 heterocycles. The Balaban J connectivity index is 1.78. The van der Waals surface area contributed by atoms with Crippen LogP contribution < -0.4 is 0 Å². The van der Waals surface area contributed by atoms with Gasteiger partial charge in [0.05, 0.1) is 5.56 Å². The average Bonchev–Trinajstić information content (AvgIpc) is 2.82. The molecule has 1 unspecified atom stereocenters. The van der Waals surface area contributed by atoms with E-state index in [1.807, 2.05) is 4.90 Å². The number of nitrogens with zero attached hydrogens (tertiary/aromatic N) is 4. The second-order valence-electron chi connectivity index (χ2n) is 4.90. The lowest BCUT2D eigenvalue weighted by Gasteiger charge is -2.37. The lowest BCUT2D eigenvalue weighted by molar-refractivity contribution is -0.130. The maximum atomic E-state index is 12.5. The largest absolute Gasteiger partial charge is 0.336 e. The van der Waals surface area contributed by atoms with Gasteiger partial charge < -0.3 is 9.80 Å². The van der Waals surface area contributed by atoms with Gasteiger partial charge in [-0.2, -0.15) is 0 Å². The zero-order valence-corrected chi connectivity index (χ0v) is 12.1. The number of fused-ring (bicyclic) bond motifs is 1. The van der Waals surface area contributed by atoms with Crippen LogP contribution in [0.15, 0.2) is 6.07 Å². The van der Waals surface area contributed by atoms with E-state index in [4.69, 9.17) is 23.2 Å². The van der Waals surface area contributed by atoms with E-state index in [2.05, 4.69) is 10.2 Å². The van der Waals surface area contributed by atoms with Crippen molar-refractivity contribution in [2.45, 2.75) is 18.9 Å². The van der Waals surface area contributed by atoms with E-state index in [0.717, 1.165) is 6.42 Å². The van der Waals surface area contributed by atoms with Gasteiger partial charge in [-0.25, -0.2) is 0 Å². The Hall–Kier alpha value is -1.40. The first-order valence-electron chi connectivity index (χ1n) is 6.33. The molecule has 0 N–H and O–H groups in total. The standard InChI is InChI=1S/C12H12Cl2N4O2/c13-9-5-8(11(14)16-15-9)12(20)17-3-4-18-7(6-17)1-2-10(18)19/h5,7H,1-4,6H2. The summed E-state index contributed by atoms with van der Waals surface area (Å²) >= 11 is 11.7. The molecule has 2 saturated heterocycles. The van der Waals surface area contributed by atoms with Crippen LogP contribution in [0.1, 0.15) is 23.2 Å². The number of hydrogen-bond donors (Lipinski definition) is 0. The number of hydrogen-bond acceptors (Lipinski definition) is 4. The molecule has 2 aliphatic heterocycles. The molecule has 0 saturated carbocycles. The first-order chi connectivity index (χ1) is 9.56. The average molecular weight is 315 g/mol. The Bertz CT molecular complexity index is 581. The van der Waals surface area contributed by atoms with E-state index in [0.29, 0.717) is 26.1 Å². The van der Waals surface area contributed by atoms with E-state index < -0.39 is 0 Å². The highest BCUT2D eigenvalue weighted by Crippen LogP contribution is 2.25. The lowest BCUT2D eigenvalue weighted by Crippen LogP contribution is -2.53. The second-order valence-corrected chi connectivity index (χ2v) is 5.65. The van der Waals surface area contributed by atoms with Crippen LogP contribution in [-0.4, -0.2) is 57.5 Å². The first-order valence-corrected chi connectivity index (χ1v) is 7.09. The van der Waals surface area contributed by atoms with Crippen molar-refractivity contribution in [3.63, 3.8) is 0 Å². The van der Waals surface area contributed by atoms with Crippen LogP contribution in [0.25, 0.3) is 0 Å². The number of piperazine rings is 1. The summed E-state index contributed by atoms with van der Waals surface area (Å²) < 4.78 is 0. The second kappa shape index (κ2) is 5.18. The van der Waals surface area contributed by atoms with E-state index in [9.17, 15) is 9.59 Å². The van der Waals surface area contributed by atoms with Crippen molar-refractivity contribution in [1.82, 2.24) is 20.0 Å². The molecule has 1 atom stereocenters. The van der Waals surface area contributed by atoms with Crippen LogP contribution in [0.2, 0.25) is 10.3 Å². The molecule has 8 heteroatoms. The van der Waals surface area contributed by atoms with Gasteiger partial charge in [-0.1, -0.05) is 23.2 Å². The van der Waals surface area contributed by atoms with E-state index >= 15 is 0 Å². The normalized spacial score (nSPS) is 22.1. The van der Waals surface area contributed by atoms with Crippen LogP contribution in [0.5, 0.6) is 0 Å². The Morgan fingerprint density at radius 3 is 2.90 bits per heavy atom. The molecule has 0 radical (unpaired) electrons. The van der Waals surface area contributed by atoms with Crippen LogP contribution in [0, 0.1) is 0 Å². The molecule has 1 aromatic rings. The van der Waals surface area contributed by atoms with Crippen LogP contribution >= 0.6 is 23.2 Å². The van der Waals surface area contributed by atoms with Gasteiger partial charge in [-0.3, -0.25) is 9.59 Å². The van der Waals surface area contributed by atoms with Gasteiger partial charge in [0.25, 0.3) is 5.91 Å². The molecule has 1 aromatic heterocycles. The van der Waals surface area contributed by atoms with Gasteiger partial charge in [0, 0.05) is 32.1 Å². The quantitative estimate of drug-likeness (QED) is 0.782. The molecule has 3 rings (SSSR count). The summed E-state index contributed by atoms with van der Waals surface area (Å²) in [5.41, 5.74) is 0.254. The molecule has 2 fully saturated rings. The fourth-order valence-corrected chi connectivity index (χ4v) is 3.04. The number of aromatic nitrogens is 2.